The molecule has 2 aromatic rings. The summed E-state index contributed by atoms with van der Waals surface area (Å²) in [6.07, 6.45) is 1.15. The number of nitrogens with zero attached hydrogens (tertiary/aromatic N) is 1. The fourth-order valence-corrected chi connectivity index (χ4v) is 1.54. The topological polar surface area (TPSA) is 79.3 Å². The van der Waals surface area contributed by atoms with Gasteiger partial charge in [-0.25, -0.2) is 4.98 Å². The van der Waals surface area contributed by atoms with Crippen LogP contribution in [0, 0.1) is 0 Å². The number of ketones is 1. The van der Waals surface area contributed by atoms with E-state index in [-0.39, 0.29) is 23.8 Å². The summed E-state index contributed by atoms with van der Waals surface area (Å²) in [7, 11) is 0. The average molecular weight is 256 g/mol. The molecule has 0 saturated heterocycles. The monoisotopic (exact) mass is 256 g/mol. The van der Waals surface area contributed by atoms with E-state index >= 15 is 0 Å². The summed E-state index contributed by atoms with van der Waals surface area (Å²) < 4.78 is 0. The Balaban J connectivity index is 1.99. The number of pyridine rings is 1. The second-order valence-electron chi connectivity index (χ2n) is 3.89. The molecule has 96 valence electrons. The molecule has 0 fully saturated rings. The first kappa shape index (κ1) is 12.8. The molecule has 0 bridgehead atoms. The van der Waals surface area contributed by atoms with Gasteiger partial charge in [-0.2, -0.15) is 0 Å². The average Bonchev–Trinajstić information content (AvgIpc) is 2.42. The van der Waals surface area contributed by atoms with Crippen LogP contribution in [0.5, 0.6) is 5.75 Å². The molecule has 1 heterocycles. The van der Waals surface area contributed by atoms with Crippen molar-refractivity contribution in [1.82, 2.24) is 4.98 Å². The van der Waals surface area contributed by atoms with E-state index in [0.29, 0.717) is 5.56 Å². The van der Waals surface area contributed by atoms with Crippen molar-refractivity contribution < 1.29 is 14.7 Å². The molecule has 0 aliphatic heterocycles. The van der Waals surface area contributed by atoms with Crippen molar-refractivity contribution in [2.45, 2.75) is 6.42 Å². The van der Waals surface area contributed by atoms with Crippen LogP contribution < -0.4 is 5.32 Å². The number of amides is 1. The third kappa shape index (κ3) is 3.38. The van der Waals surface area contributed by atoms with Gasteiger partial charge in [0.2, 0.25) is 5.91 Å². The molecule has 2 N–H and O–H groups in total. The first-order chi connectivity index (χ1) is 9.16. The molecule has 1 aromatic heterocycles. The van der Waals surface area contributed by atoms with Gasteiger partial charge in [0, 0.05) is 11.8 Å². The van der Waals surface area contributed by atoms with Crippen LogP contribution in [0.15, 0.2) is 48.7 Å². The summed E-state index contributed by atoms with van der Waals surface area (Å²) in [6.45, 7) is 0. The number of Topliss-reactive ketones (excluding diaryl/α,β-unsaturated/α-hetero) is 1. The van der Waals surface area contributed by atoms with Crippen molar-refractivity contribution in [3.05, 3.63) is 54.2 Å². The molecule has 19 heavy (non-hydrogen) atoms. The largest absolute Gasteiger partial charge is 0.504 e. The lowest BCUT2D eigenvalue weighted by Gasteiger charge is -2.05. The highest BCUT2D eigenvalue weighted by molar-refractivity contribution is 6.10. The Morgan fingerprint density at radius 2 is 1.84 bits per heavy atom. The van der Waals surface area contributed by atoms with Crippen molar-refractivity contribution in [2.75, 3.05) is 5.32 Å². The minimum absolute atomic E-state index is 0.0494. The van der Waals surface area contributed by atoms with Crippen LogP contribution >= 0.6 is 0 Å². The van der Waals surface area contributed by atoms with Gasteiger partial charge in [-0.15, -0.1) is 0 Å². The summed E-state index contributed by atoms with van der Waals surface area (Å²) in [4.78, 5) is 27.3. The third-order valence-corrected chi connectivity index (χ3v) is 2.46. The van der Waals surface area contributed by atoms with E-state index in [1.165, 1.54) is 12.3 Å². The van der Waals surface area contributed by atoms with Crippen molar-refractivity contribution in [3.63, 3.8) is 0 Å². The molecule has 2 rings (SSSR count). The van der Waals surface area contributed by atoms with Crippen LogP contribution in [0.4, 0.5) is 5.82 Å². The van der Waals surface area contributed by atoms with E-state index in [0.717, 1.165) is 0 Å². The van der Waals surface area contributed by atoms with Gasteiger partial charge in [0.05, 0.1) is 6.42 Å². The molecule has 1 aromatic carbocycles. The predicted molar refractivity (Wildman–Crippen MR) is 69.9 cm³/mol. The second kappa shape index (κ2) is 5.77. The molecule has 5 nitrogen and oxygen atoms in total. The number of rotatable bonds is 4. The summed E-state index contributed by atoms with van der Waals surface area (Å²) in [5, 5.41) is 11.8. The summed E-state index contributed by atoms with van der Waals surface area (Å²) >= 11 is 0. The number of aromatic nitrogens is 1. The fourth-order valence-electron chi connectivity index (χ4n) is 1.54. The molecule has 5 heteroatoms. The highest BCUT2D eigenvalue weighted by Gasteiger charge is 2.13. The van der Waals surface area contributed by atoms with Gasteiger partial charge in [-0.05, 0) is 12.1 Å². The Morgan fingerprint density at radius 3 is 2.53 bits per heavy atom. The number of carbonyl (C=O) groups is 2. The zero-order valence-corrected chi connectivity index (χ0v) is 10.0. The number of hydrogen-bond acceptors (Lipinski definition) is 4. The molecule has 1 amide bonds. The van der Waals surface area contributed by atoms with Crippen LogP contribution in [0.2, 0.25) is 0 Å². The van der Waals surface area contributed by atoms with E-state index in [9.17, 15) is 14.7 Å². The predicted octanol–water partition coefficient (Wildman–Crippen LogP) is 2.00. The number of aromatic hydroxyl groups is 1. The van der Waals surface area contributed by atoms with Gasteiger partial charge in [0.1, 0.15) is 0 Å². The van der Waals surface area contributed by atoms with E-state index in [1.54, 1.807) is 36.4 Å². The lowest BCUT2D eigenvalue weighted by molar-refractivity contribution is -0.115. The van der Waals surface area contributed by atoms with Crippen molar-refractivity contribution >= 4 is 17.5 Å². The first-order valence-corrected chi connectivity index (χ1v) is 5.69. The number of carbonyl (C=O) groups excluding carboxylic acids is 2. The number of anilines is 1. The zero-order chi connectivity index (χ0) is 13.7. The normalized spacial score (nSPS) is 9.89. The van der Waals surface area contributed by atoms with Gasteiger partial charge in [-0.3, -0.25) is 9.59 Å². The maximum absolute atomic E-state index is 11.8. The minimum atomic E-state index is -0.511. The lowest BCUT2D eigenvalue weighted by Crippen LogP contribution is -2.17. The van der Waals surface area contributed by atoms with Crippen molar-refractivity contribution in [3.8, 4) is 5.75 Å². The summed E-state index contributed by atoms with van der Waals surface area (Å²) in [6, 6.07) is 11.5. The summed E-state index contributed by atoms with van der Waals surface area (Å²) in [5.74, 6) is -0.882. The fraction of sp³-hybridized carbons (Fsp3) is 0.0714. The molecule has 0 saturated carbocycles. The third-order valence-electron chi connectivity index (χ3n) is 2.46. The Morgan fingerprint density at radius 1 is 1.11 bits per heavy atom. The van der Waals surface area contributed by atoms with Crippen molar-refractivity contribution in [1.29, 1.82) is 0 Å². The quantitative estimate of drug-likeness (QED) is 0.647. The smallest absolute Gasteiger partial charge is 0.233 e. The molecule has 0 unspecified atom stereocenters. The Labute approximate surface area is 109 Å². The number of hydrogen-bond donors (Lipinski definition) is 2. The van der Waals surface area contributed by atoms with Gasteiger partial charge in [0.25, 0.3) is 0 Å². The number of nitrogens with one attached hydrogen (secondary N) is 1. The molecular weight excluding hydrogens is 244 g/mol. The standard InChI is InChI=1S/C14H12N2O3/c17-11-7-4-8-15-14(11)16-13(19)9-12(18)10-5-2-1-3-6-10/h1-8,17H,9H2,(H,15,16,19). The molecule has 0 radical (unpaired) electrons. The maximum atomic E-state index is 11.8. The Kier molecular flexibility index (Phi) is 3.87. The van der Waals surface area contributed by atoms with Gasteiger partial charge in [-0.1, -0.05) is 30.3 Å². The van der Waals surface area contributed by atoms with Crippen molar-refractivity contribution in [2.24, 2.45) is 0 Å². The van der Waals surface area contributed by atoms with E-state index in [4.69, 9.17) is 0 Å². The molecular formula is C14H12N2O3. The molecule has 0 spiro atoms. The highest BCUT2D eigenvalue weighted by atomic mass is 16.3. The lowest BCUT2D eigenvalue weighted by atomic mass is 10.1. The molecule has 0 atom stereocenters. The van der Waals surface area contributed by atoms with Crippen LogP contribution in [-0.4, -0.2) is 21.8 Å². The number of benzene rings is 1. The van der Waals surface area contributed by atoms with Gasteiger partial charge >= 0.3 is 0 Å². The van der Waals surface area contributed by atoms with Gasteiger partial charge < -0.3 is 10.4 Å². The Bertz CT molecular complexity index is 597. The zero-order valence-electron chi connectivity index (χ0n) is 10.0. The minimum Gasteiger partial charge on any atom is -0.504 e. The molecule has 0 aliphatic rings. The SMILES string of the molecule is O=C(CC(=O)c1ccccc1)Nc1ncccc1O. The second-order valence-corrected chi connectivity index (χ2v) is 3.89. The Hall–Kier alpha value is -2.69. The van der Waals surface area contributed by atoms with Crippen LogP contribution in [-0.2, 0) is 4.79 Å². The van der Waals surface area contributed by atoms with E-state index in [2.05, 4.69) is 10.3 Å². The van der Waals surface area contributed by atoms with Gasteiger partial charge in [0.15, 0.2) is 17.4 Å². The van der Waals surface area contributed by atoms with Crippen LogP contribution in [0.1, 0.15) is 16.8 Å². The van der Waals surface area contributed by atoms with E-state index < -0.39 is 5.91 Å². The summed E-state index contributed by atoms with van der Waals surface area (Å²) in [5.41, 5.74) is 0.475. The van der Waals surface area contributed by atoms with E-state index in [1.807, 2.05) is 0 Å². The maximum Gasteiger partial charge on any atom is 0.233 e. The van der Waals surface area contributed by atoms with Crippen LogP contribution in [0.25, 0.3) is 0 Å². The highest BCUT2D eigenvalue weighted by Crippen LogP contribution is 2.18. The first-order valence-electron chi connectivity index (χ1n) is 5.69. The van der Waals surface area contributed by atoms with Crippen LogP contribution in [0.3, 0.4) is 0 Å². The molecule has 0 aliphatic carbocycles.